The quantitative estimate of drug-likeness (QED) is 0.885. The van der Waals surface area contributed by atoms with Gasteiger partial charge in [0.2, 0.25) is 11.8 Å². The minimum absolute atomic E-state index is 0.154. The van der Waals surface area contributed by atoms with E-state index in [1.165, 1.54) is 24.0 Å². The van der Waals surface area contributed by atoms with E-state index in [4.69, 9.17) is 0 Å². The van der Waals surface area contributed by atoms with Crippen molar-refractivity contribution in [2.45, 2.75) is 26.8 Å². The van der Waals surface area contributed by atoms with E-state index in [1.54, 1.807) is 12.1 Å². The molecular formula is C19H21FN2O2. The summed E-state index contributed by atoms with van der Waals surface area (Å²) in [6.45, 7) is 4.05. The van der Waals surface area contributed by atoms with Crippen LogP contribution in [0.1, 0.15) is 24.5 Å². The number of rotatable bonds is 6. The lowest BCUT2D eigenvalue weighted by Crippen LogP contribution is -2.33. The highest BCUT2D eigenvalue weighted by molar-refractivity contribution is 5.92. The first-order valence-electron chi connectivity index (χ1n) is 7.81. The number of aryl methyl sites for hydroxylation is 1. The first-order chi connectivity index (χ1) is 11.5. The largest absolute Gasteiger partial charge is 0.352 e. The molecule has 0 aliphatic carbocycles. The van der Waals surface area contributed by atoms with Gasteiger partial charge in [0.25, 0.3) is 0 Å². The van der Waals surface area contributed by atoms with Crippen molar-refractivity contribution in [2.75, 3.05) is 11.4 Å². The van der Waals surface area contributed by atoms with Crippen LogP contribution in [0.2, 0.25) is 0 Å². The smallest absolute Gasteiger partial charge is 0.223 e. The van der Waals surface area contributed by atoms with Crippen LogP contribution >= 0.6 is 0 Å². The highest BCUT2D eigenvalue weighted by Gasteiger charge is 2.14. The predicted octanol–water partition coefficient (Wildman–Crippen LogP) is 3.19. The van der Waals surface area contributed by atoms with Crippen LogP contribution in [-0.4, -0.2) is 18.4 Å². The fourth-order valence-electron chi connectivity index (χ4n) is 2.44. The predicted molar refractivity (Wildman–Crippen MR) is 92.1 cm³/mol. The van der Waals surface area contributed by atoms with Crippen molar-refractivity contribution in [1.29, 1.82) is 0 Å². The van der Waals surface area contributed by atoms with Crippen molar-refractivity contribution in [3.8, 4) is 0 Å². The van der Waals surface area contributed by atoms with Gasteiger partial charge in [-0.2, -0.15) is 0 Å². The average molecular weight is 328 g/mol. The van der Waals surface area contributed by atoms with Crippen LogP contribution < -0.4 is 10.2 Å². The zero-order chi connectivity index (χ0) is 17.5. The molecule has 0 aliphatic heterocycles. The molecule has 2 amide bonds. The zero-order valence-corrected chi connectivity index (χ0v) is 13.9. The van der Waals surface area contributed by atoms with Crippen LogP contribution in [0.4, 0.5) is 10.1 Å². The molecule has 4 nitrogen and oxygen atoms in total. The van der Waals surface area contributed by atoms with Crippen LogP contribution in [0.3, 0.4) is 0 Å². The summed E-state index contributed by atoms with van der Waals surface area (Å²) in [5.41, 5.74) is 2.61. The molecule has 24 heavy (non-hydrogen) atoms. The Labute approximate surface area is 141 Å². The van der Waals surface area contributed by atoms with E-state index < -0.39 is 5.82 Å². The van der Waals surface area contributed by atoms with Gasteiger partial charge in [0.15, 0.2) is 0 Å². The molecule has 0 aliphatic rings. The minimum atomic E-state index is -0.414. The van der Waals surface area contributed by atoms with E-state index in [0.717, 1.165) is 11.1 Å². The summed E-state index contributed by atoms with van der Waals surface area (Å²) in [6, 6.07) is 13.7. The summed E-state index contributed by atoms with van der Waals surface area (Å²) in [5.74, 6) is -0.797. The molecule has 0 saturated heterocycles. The van der Waals surface area contributed by atoms with Gasteiger partial charge in [-0.1, -0.05) is 35.9 Å². The molecule has 0 heterocycles. The SMILES string of the molecule is CC(=O)N(CCC(=O)NCc1cccc(C)c1)c1cccc(F)c1. The number of hydrogen-bond acceptors (Lipinski definition) is 2. The highest BCUT2D eigenvalue weighted by Crippen LogP contribution is 2.16. The normalized spacial score (nSPS) is 10.3. The molecule has 2 aromatic rings. The molecule has 126 valence electrons. The van der Waals surface area contributed by atoms with Crippen molar-refractivity contribution in [3.05, 3.63) is 65.5 Å². The van der Waals surface area contributed by atoms with Crippen LogP contribution in [0.5, 0.6) is 0 Å². The van der Waals surface area contributed by atoms with Crippen LogP contribution in [0, 0.1) is 12.7 Å². The molecule has 2 rings (SSSR count). The molecule has 0 fully saturated rings. The van der Waals surface area contributed by atoms with Crippen molar-refractivity contribution >= 4 is 17.5 Å². The summed E-state index contributed by atoms with van der Waals surface area (Å²) in [4.78, 5) is 25.2. The van der Waals surface area contributed by atoms with E-state index in [0.29, 0.717) is 12.2 Å². The van der Waals surface area contributed by atoms with Gasteiger partial charge < -0.3 is 10.2 Å². The second-order valence-electron chi connectivity index (χ2n) is 5.67. The average Bonchev–Trinajstić information content (AvgIpc) is 2.53. The van der Waals surface area contributed by atoms with E-state index in [-0.39, 0.29) is 24.8 Å². The lowest BCUT2D eigenvalue weighted by atomic mass is 10.1. The summed E-state index contributed by atoms with van der Waals surface area (Å²) in [7, 11) is 0. The van der Waals surface area contributed by atoms with Crippen molar-refractivity contribution in [3.63, 3.8) is 0 Å². The Morgan fingerprint density at radius 1 is 1.12 bits per heavy atom. The molecule has 0 bridgehead atoms. The maximum absolute atomic E-state index is 13.3. The molecule has 0 unspecified atom stereocenters. The first-order valence-corrected chi connectivity index (χ1v) is 7.81. The Morgan fingerprint density at radius 3 is 2.54 bits per heavy atom. The third-order valence-corrected chi connectivity index (χ3v) is 3.63. The third-order valence-electron chi connectivity index (χ3n) is 3.63. The molecule has 2 aromatic carbocycles. The summed E-state index contributed by atoms with van der Waals surface area (Å²) < 4.78 is 13.3. The third kappa shape index (κ3) is 5.19. The Bertz CT molecular complexity index is 731. The number of hydrogen-bond donors (Lipinski definition) is 1. The van der Waals surface area contributed by atoms with Crippen LogP contribution in [0.15, 0.2) is 48.5 Å². The van der Waals surface area contributed by atoms with E-state index in [9.17, 15) is 14.0 Å². The molecule has 5 heteroatoms. The van der Waals surface area contributed by atoms with Crippen LogP contribution in [0.25, 0.3) is 0 Å². The monoisotopic (exact) mass is 328 g/mol. The summed E-state index contributed by atoms with van der Waals surface area (Å²) in [5, 5.41) is 2.83. The first kappa shape index (κ1) is 17.7. The second-order valence-corrected chi connectivity index (χ2v) is 5.67. The van der Waals surface area contributed by atoms with Gasteiger partial charge in [0.1, 0.15) is 5.82 Å². The second kappa shape index (κ2) is 8.24. The maximum Gasteiger partial charge on any atom is 0.223 e. The molecule has 0 saturated carbocycles. The highest BCUT2D eigenvalue weighted by atomic mass is 19.1. The standard InChI is InChI=1S/C19H21FN2O2/c1-14-5-3-6-16(11-14)13-21-19(24)9-10-22(15(2)23)18-8-4-7-17(20)12-18/h3-8,11-12H,9-10,13H2,1-2H3,(H,21,24). The summed E-state index contributed by atoms with van der Waals surface area (Å²) in [6.07, 6.45) is 0.155. The van der Waals surface area contributed by atoms with Crippen molar-refractivity contribution < 1.29 is 14.0 Å². The van der Waals surface area contributed by atoms with Gasteiger partial charge in [0, 0.05) is 32.1 Å². The zero-order valence-electron chi connectivity index (χ0n) is 13.9. The van der Waals surface area contributed by atoms with Gasteiger partial charge in [-0.3, -0.25) is 9.59 Å². The Balaban J connectivity index is 1.90. The number of benzene rings is 2. The van der Waals surface area contributed by atoms with E-state index in [1.807, 2.05) is 31.2 Å². The number of nitrogens with one attached hydrogen (secondary N) is 1. The topological polar surface area (TPSA) is 49.4 Å². The Hall–Kier alpha value is -2.69. The number of carbonyl (C=O) groups is 2. The van der Waals surface area contributed by atoms with Gasteiger partial charge in [-0.25, -0.2) is 4.39 Å². The molecule has 1 N–H and O–H groups in total. The number of carbonyl (C=O) groups excluding carboxylic acids is 2. The number of halogens is 1. The number of anilines is 1. The number of amides is 2. The maximum atomic E-state index is 13.3. The van der Waals surface area contributed by atoms with Gasteiger partial charge >= 0.3 is 0 Å². The van der Waals surface area contributed by atoms with Gasteiger partial charge in [-0.05, 0) is 30.7 Å². The molecule has 0 aromatic heterocycles. The fraction of sp³-hybridized carbons (Fsp3) is 0.263. The van der Waals surface area contributed by atoms with E-state index in [2.05, 4.69) is 5.32 Å². The number of nitrogens with zero attached hydrogens (tertiary/aromatic N) is 1. The van der Waals surface area contributed by atoms with Gasteiger partial charge in [0.05, 0.1) is 0 Å². The van der Waals surface area contributed by atoms with Crippen LogP contribution in [-0.2, 0) is 16.1 Å². The minimum Gasteiger partial charge on any atom is -0.352 e. The Kier molecular flexibility index (Phi) is 6.07. The lowest BCUT2D eigenvalue weighted by molar-refractivity contribution is -0.121. The fourth-order valence-corrected chi connectivity index (χ4v) is 2.44. The van der Waals surface area contributed by atoms with E-state index >= 15 is 0 Å². The molecular weight excluding hydrogens is 307 g/mol. The molecule has 0 radical (unpaired) electrons. The lowest BCUT2D eigenvalue weighted by Gasteiger charge is -2.21. The molecule has 0 spiro atoms. The molecule has 0 atom stereocenters. The van der Waals surface area contributed by atoms with Crippen molar-refractivity contribution in [2.24, 2.45) is 0 Å². The Morgan fingerprint density at radius 2 is 1.88 bits per heavy atom. The van der Waals surface area contributed by atoms with Crippen molar-refractivity contribution in [1.82, 2.24) is 5.32 Å². The van der Waals surface area contributed by atoms with Gasteiger partial charge in [-0.15, -0.1) is 0 Å². The summed E-state index contributed by atoms with van der Waals surface area (Å²) >= 11 is 0.